The Hall–Kier alpha value is -1.85. The van der Waals surface area contributed by atoms with Crippen molar-refractivity contribution < 1.29 is 9.59 Å². The van der Waals surface area contributed by atoms with E-state index in [0.29, 0.717) is 54.4 Å². The molecule has 200 valence electrons. The first-order chi connectivity index (χ1) is 17.8. The Kier molecular flexibility index (Phi) is 10.1. The molecule has 9 nitrogen and oxygen atoms in total. The first-order valence-electron chi connectivity index (χ1n) is 13.1. The molecule has 4 rings (SSSR count). The molecule has 1 atom stereocenters. The minimum absolute atomic E-state index is 0.0154. The monoisotopic (exact) mass is 547 g/mol. The van der Waals surface area contributed by atoms with E-state index in [9.17, 15) is 9.59 Å². The van der Waals surface area contributed by atoms with E-state index in [1.165, 1.54) is 0 Å². The number of benzene rings is 1. The number of amides is 2. The Morgan fingerprint density at radius 3 is 2.49 bits per heavy atom. The van der Waals surface area contributed by atoms with Crippen LogP contribution in [0.5, 0.6) is 0 Å². The van der Waals surface area contributed by atoms with Crippen LogP contribution in [-0.2, 0) is 9.59 Å². The highest BCUT2D eigenvalue weighted by molar-refractivity contribution is 6.42. The zero-order valence-electron chi connectivity index (χ0n) is 21.5. The quantitative estimate of drug-likeness (QED) is 0.382. The number of amidine groups is 1. The van der Waals surface area contributed by atoms with Crippen molar-refractivity contribution in [1.82, 2.24) is 25.2 Å². The van der Waals surface area contributed by atoms with Crippen molar-refractivity contribution in [2.24, 2.45) is 11.0 Å². The number of hydrogen-bond acceptors (Lipinski definition) is 7. The molecule has 0 saturated carbocycles. The Labute approximate surface area is 230 Å². The van der Waals surface area contributed by atoms with Crippen molar-refractivity contribution >= 4 is 54.5 Å². The maximum Gasteiger partial charge on any atom is 0.234 e. The first kappa shape index (κ1) is 28.2. The molecule has 0 aromatic heterocycles. The summed E-state index contributed by atoms with van der Waals surface area (Å²) in [7, 11) is 5.86. The van der Waals surface area contributed by atoms with Gasteiger partial charge in [0, 0.05) is 51.1 Å². The number of piperazine rings is 1. The molecule has 1 aromatic rings. The normalized spacial score (nSPS) is 22.2. The van der Waals surface area contributed by atoms with E-state index in [-0.39, 0.29) is 17.7 Å². The van der Waals surface area contributed by atoms with E-state index in [1.54, 1.807) is 12.1 Å². The molecule has 0 bridgehead atoms. The second-order valence-electron chi connectivity index (χ2n) is 10.1. The highest BCUT2D eigenvalue weighted by Gasteiger charge is 2.28. The highest BCUT2D eigenvalue weighted by atomic mass is 35.5. The van der Waals surface area contributed by atoms with Crippen LogP contribution < -0.4 is 15.6 Å². The molecule has 37 heavy (non-hydrogen) atoms. The number of nitrogens with zero attached hydrogens (tertiary/aromatic N) is 5. The summed E-state index contributed by atoms with van der Waals surface area (Å²) in [6.45, 7) is 9.30. The second-order valence-corrected chi connectivity index (χ2v) is 11.0. The first-order valence-corrected chi connectivity index (χ1v) is 13.9. The number of anilines is 1. The second kappa shape index (κ2) is 13.3. The fourth-order valence-corrected chi connectivity index (χ4v) is 5.35. The van der Waals surface area contributed by atoms with Gasteiger partial charge < -0.3 is 15.4 Å². The summed E-state index contributed by atoms with van der Waals surface area (Å²) in [4.78, 5) is 31.5. The average Bonchev–Trinajstić information content (AvgIpc) is 3.24. The van der Waals surface area contributed by atoms with Crippen molar-refractivity contribution in [3.8, 4) is 0 Å². The van der Waals surface area contributed by atoms with Gasteiger partial charge in [-0.3, -0.25) is 24.4 Å². The van der Waals surface area contributed by atoms with E-state index >= 15 is 0 Å². The molecule has 2 saturated heterocycles. The number of hydrazone groups is 1. The fraction of sp³-hybridized carbons (Fsp3) is 0.640. The maximum atomic E-state index is 12.4. The lowest BCUT2D eigenvalue weighted by Gasteiger charge is -2.42. The van der Waals surface area contributed by atoms with Crippen LogP contribution in [0.1, 0.15) is 32.6 Å². The van der Waals surface area contributed by atoms with E-state index in [0.717, 1.165) is 57.8 Å². The predicted molar refractivity (Wildman–Crippen MR) is 149 cm³/mol. The Morgan fingerprint density at radius 1 is 1.05 bits per heavy atom. The zero-order chi connectivity index (χ0) is 26.4. The number of carbonyl (C=O) groups excluding carboxylic acids is 2. The van der Waals surface area contributed by atoms with E-state index in [4.69, 9.17) is 31.2 Å². The number of piperidine rings is 1. The average molecular weight is 548 g/mol. The van der Waals surface area contributed by atoms with Crippen LogP contribution in [0, 0.1) is 5.92 Å². The molecule has 2 fully saturated rings. The van der Waals surface area contributed by atoms with Gasteiger partial charge >= 0.3 is 0 Å². The Bertz CT molecular complexity index is 982. The summed E-state index contributed by atoms with van der Waals surface area (Å²) in [5, 5.41) is 13.2. The summed E-state index contributed by atoms with van der Waals surface area (Å²) < 4.78 is 0. The standard InChI is InChI=1S/C25H36BCl2N7O2/c1-18-16-35(20-4-5-21(27)22(28)15-20)31-25(18)30-23(36)3-2-8-29-24(37)17-32-9-6-19(7-10-32)33-11-13-34(26)14-12-33/h4-5,15,18-19H,2-3,6-14,16-17H2,1H3,(H,29,37)(H,30,31,36). The number of halogens is 2. The van der Waals surface area contributed by atoms with Gasteiger partial charge in [0.15, 0.2) is 7.98 Å². The van der Waals surface area contributed by atoms with Crippen LogP contribution in [0.2, 0.25) is 10.0 Å². The Balaban J connectivity index is 1.10. The van der Waals surface area contributed by atoms with E-state index < -0.39 is 0 Å². The van der Waals surface area contributed by atoms with Crippen molar-refractivity contribution in [1.29, 1.82) is 0 Å². The molecule has 1 unspecified atom stereocenters. The molecule has 0 spiro atoms. The van der Waals surface area contributed by atoms with Crippen molar-refractivity contribution in [2.75, 3.05) is 63.9 Å². The number of rotatable bonds is 8. The summed E-state index contributed by atoms with van der Waals surface area (Å²) in [6, 6.07) is 5.94. The molecule has 3 heterocycles. The van der Waals surface area contributed by atoms with Gasteiger partial charge in [0.05, 0.1) is 28.8 Å². The zero-order valence-corrected chi connectivity index (χ0v) is 23.0. The lowest BCUT2D eigenvalue weighted by molar-refractivity contribution is -0.123. The molecule has 12 heteroatoms. The molecule has 3 aliphatic rings. The van der Waals surface area contributed by atoms with E-state index in [2.05, 4.69) is 25.5 Å². The van der Waals surface area contributed by atoms with Gasteiger partial charge in [-0.1, -0.05) is 30.1 Å². The van der Waals surface area contributed by atoms with Gasteiger partial charge in [-0.15, -0.1) is 0 Å². The fourth-order valence-electron chi connectivity index (χ4n) is 5.06. The molecule has 0 aliphatic carbocycles. The number of likely N-dealkylation sites (tertiary alicyclic amines) is 1. The van der Waals surface area contributed by atoms with Gasteiger partial charge in [0.2, 0.25) is 11.8 Å². The van der Waals surface area contributed by atoms with E-state index in [1.807, 2.05) is 22.8 Å². The maximum absolute atomic E-state index is 12.4. The van der Waals surface area contributed by atoms with Crippen LogP contribution >= 0.6 is 23.2 Å². The minimum Gasteiger partial charge on any atom is -0.355 e. The number of carbonyl (C=O) groups is 2. The van der Waals surface area contributed by atoms with Crippen molar-refractivity contribution in [3.05, 3.63) is 28.2 Å². The summed E-state index contributed by atoms with van der Waals surface area (Å²) in [5.41, 5.74) is 0.826. The molecule has 3 aliphatic heterocycles. The largest absolute Gasteiger partial charge is 0.355 e. The van der Waals surface area contributed by atoms with Crippen LogP contribution in [0.15, 0.2) is 23.3 Å². The Morgan fingerprint density at radius 2 is 1.78 bits per heavy atom. The lowest BCUT2D eigenvalue weighted by atomic mass is 10.0. The number of hydrogen-bond donors (Lipinski definition) is 2. The van der Waals surface area contributed by atoms with Gasteiger partial charge in [-0.2, -0.15) is 5.10 Å². The van der Waals surface area contributed by atoms with Gasteiger partial charge in [-0.05, 0) is 50.6 Å². The summed E-state index contributed by atoms with van der Waals surface area (Å²) in [6.07, 6.45) is 3.07. The predicted octanol–water partition coefficient (Wildman–Crippen LogP) is 1.94. The number of nitrogens with one attached hydrogen (secondary N) is 2. The van der Waals surface area contributed by atoms with Gasteiger partial charge in [-0.25, -0.2) is 0 Å². The van der Waals surface area contributed by atoms with Crippen LogP contribution in [-0.4, -0.2) is 105 Å². The molecule has 2 N–H and O–H groups in total. The molecular weight excluding hydrogens is 512 g/mol. The molecular formula is C25H36BCl2N7O2. The van der Waals surface area contributed by atoms with Crippen LogP contribution in [0.3, 0.4) is 0 Å². The van der Waals surface area contributed by atoms with Gasteiger partial charge in [0.1, 0.15) is 5.84 Å². The smallest absolute Gasteiger partial charge is 0.234 e. The van der Waals surface area contributed by atoms with Crippen molar-refractivity contribution in [2.45, 2.75) is 38.6 Å². The summed E-state index contributed by atoms with van der Waals surface area (Å²) >= 11 is 12.1. The van der Waals surface area contributed by atoms with Crippen LogP contribution in [0.25, 0.3) is 0 Å². The van der Waals surface area contributed by atoms with Crippen molar-refractivity contribution in [3.63, 3.8) is 0 Å². The molecule has 2 amide bonds. The third kappa shape index (κ3) is 8.07. The SMILES string of the molecule is [B]N1CCN(C2CCN(CC(=O)NCCCC(=O)NC3=NN(c4ccc(Cl)c(Cl)c4)CC3C)CC2)CC1. The van der Waals surface area contributed by atoms with Crippen LogP contribution in [0.4, 0.5) is 5.69 Å². The topological polar surface area (TPSA) is 83.5 Å². The third-order valence-corrected chi connectivity index (χ3v) is 8.04. The lowest BCUT2D eigenvalue weighted by Crippen LogP contribution is -2.53. The highest BCUT2D eigenvalue weighted by Crippen LogP contribution is 2.29. The van der Waals surface area contributed by atoms with Gasteiger partial charge in [0.25, 0.3) is 0 Å². The third-order valence-electron chi connectivity index (χ3n) is 7.30. The molecule has 2 radical (unpaired) electrons. The minimum atomic E-state index is -0.103. The summed E-state index contributed by atoms with van der Waals surface area (Å²) in [5.74, 6) is 0.621. The molecule has 1 aromatic carbocycles.